The molecule has 1 saturated heterocycles. The lowest BCUT2D eigenvalue weighted by Gasteiger charge is -2.29. The number of carbonyl (C=O) groups is 1. The summed E-state index contributed by atoms with van der Waals surface area (Å²) in [5.41, 5.74) is 3.65. The molecule has 7 heteroatoms. The number of ether oxygens (including phenoxy) is 2. The predicted molar refractivity (Wildman–Crippen MR) is 89.9 cm³/mol. The van der Waals surface area contributed by atoms with E-state index in [1.165, 1.54) is 18.1 Å². The molecule has 0 atom stereocenters. The molecular formula is C16H23ClN3O3+. The molecule has 1 amide bonds. The number of carbonyl (C=O) groups excluding carboxylic acids is 1. The molecular weight excluding hydrogens is 318 g/mol. The number of piperazine rings is 1. The van der Waals surface area contributed by atoms with Crippen LogP contribution in [-0.2, 0) is 4.79 Å². The third kappa shape index (κ3) is 4.86. The van der Waals surface area contributed by atoms with Gasteiger partial charge in [-0.1, -0.05) is 11.6 Å². The molecule has 1 aliphatic heterocycles. The van der Waals surface area contributed by atoms with Crippen LogP contribution in [0, 0.1) is 0 Å². The normalized spacial score (nSPS) is 16.5. The van der Waals surface area contributed by atoms with E-state index in [-0.39, 0.29) is 5.91 Å². The third-order valence-corrected chi connectivity index (χ3v) is 4.05. The van der Waals surface area contributed by atoms with E-state index in [9.17, 15) is 4.79 Å². The van der Waals surface area contributed by atoms with Crippen LogP contribution in [0.4, 0.5) is 0 Å². The molecule has 6 nitrogen and oxygen atoms in total. The van der Waals surface area contributed by atoms with Gasteiger partial charge in [-0.3, -0.25) is 10.2 Å². The Kier molecular flexibility index (Phi) is 6.27. The smallest absolute Gasteiger partial charge is 0.258 e. The average Bonchev–Trinajstić information content (AvgIpc) is 2.54. The Labute approximate surface area is 141 Å². The van der Waals surface area contributed by atoms with E-state index in [2.05, 4.69) is 12.5 Å². The molecule has 126 valence electrons. The monoisotopic (exact) mass is 340 g/mol. The highest BCUT2D eigenvalue weighted by atomic mass is 35.5. The Morgan fingerprint density at radius 2 is 2.00 bits per heavy atom. The van der Waals surface area contributed by atoms with Crippen LogP contribution in [0.1, 0.15) is 5.56 Å². The summed E-state index contributed by atoms with van der Waals surface area (Å²) in [6, 6.07) is 3.50. The van der Waals surface area contributed by atoms with E-state index < -0.39 is 0 Å². The number of benzene rings is 1. The summed E-state index contributed by atoms with van der Waals surface area (Å²) >= 11 is 6.15. The van der Waals surface area contributed by atoms with Crippen LogP contribution in [0.3, 0.4) is 0 Å². The van der Waals surface area contributed by atoms with E-state index in [1.54, 1.807) is 25.3 Å². The van der Waals surface area contributed by atoms with Crippen molar-refractivity contribution in [1.29, 1.82) is 0 Å². The molecule has 1 aromatic carbocycles. The number of hydrazine groups is 1. The van der Waals surface area contributed by atoms with E-state index in [0.717, 1.165) is 31.7 Å². The van der Waals surface area contributed by atoms with Crippen molar-refractivity contribution < 1.29 is 19.2 Å². The molecule has 0 radical (unpaired) electrons. The maximum Gasteiger partial charge on any atom is 0.258 e. The topological polar surface area (TPSA) is 55.2 Å². The van der Waals surface area contributed by atoms with Crippen LogP contribution in [0.25, 0.3) is 6.08 Å². The Morgan fingerprint density at radius 3 is 2.61 bits per heavy atom. The molecule has 0 aliphatic carbocycles. The second kappa shape index (κ2) is 8.19. The molecule has 1 aliphatic rings. The summed E-state index contributed by atoms with van der Waals surface area (Å²) < 4.78 is 10.4. The number of amides is 1. The maximum atomic E-state index is 12.0. The lowest BCUT2D eigenvalue weighted by atomic mass is 10.2. The van der Waals surface area contributed by atoms with Crippen molar-refractivity contribution >= 4 is 23.6 Å². The summed E-state index contributed by atoms with van der Waals surface area (Å²) in [5, 5.41) is 2.38. The van der Waals surface area contributed by atoms with Crippen molar-refractivity contribution in [2.75, 3.05) is 47.4 Å². The van der Waals surface area contributed by atoms with Gasteiger partial charge < -0.3 is 14.4 Å². The summed E-state index contributed by atoms with van der Waals surface area (Å²) in [7, 11) is 5.23. The van der Waals surface area contributed by atoms with Crippen LogP contribution >= 0.6 is 11.6 Å². The molecule has 23 heavy (non-hydrogen) atoms. The Hall–Kier alpha value is -1.76. The molecule has 1 fully saturated rings. The van der Waals surface area contributed by atoms with Crippen molar-refractivity contribution in [2.45, 2.75) is 0 Å². The zero-order valence-electron chi connectivity index (χ0n) is 13.7. The van der Waals surface area contributed by atoms with E-state index in [4.69, 9.17) is 21.1 Å². The minimum atomic E-state index is -0.157. The summed E-state index contributed by atoms with van der Waals surface area (Å²) in [6.45, 7) is 3.76. The van der Waals surface area contributed by atoms with Crippen molar-refractivity contribution in [3.05, 3.63) is 28.8 Å². The van der Waals surface area contributed by atoms with Gasteiger partial charge in [-0.25, -0.2) is 5.01 Å². The van der Waals surface area contributed by atoms with E-state index >= 15 is 0 Å². The Balaban J connectivity index is 1.99. The molecule has 0 aromatic heterocycles. The Bertz CT molecular complexity index is 584. The minimum Gasteiger partial charge on any atom is -0.493 e. The number of rotatable bonds is 5. The lowest BCUT2D eigenvalue weighted by molar-refractivity contribution is -0.884. The fourth-order valence-electron chi connectivity index (χ4n) is 2.40. The van der Waals surface area contributed by atoms with Crippen molar-refractivity contribution in [1.82, 2.24) is 10.4 Å². The molecule has 2 rings (SSSR count). The summed E-state index contributed by atoms with van der Waals surface area (Å²) in [6.07, 6.45) is 3.19. The van der Waals surface area contributed by atoms with Gasteiger partial charge in [0, 0.05) is 6.08 Å². The first-order chi connectivity index (χ1) is 11.0. The molecule has 0 unspecified atom stereocenters. The zero-order valence-corrected chi connectivity index (χ0v) is 14.4. The highest BCUT2D eigenvalue weighted by molar-refractivity contribution is 6.32. The first-order valence-corrected chi connectivity index (χ1v) is 7.87. The SMILES string of the molecule is COc1cc(/C=C/C(=O)NN2CC[NH+](C)CC2)cc(Cl)c1OC. The van der Waals surface area contributed by atoms with Crippen molar-refractivity contribution in [3.8, 4) is 11.5 Å². The summed E-state index contributed by atoms with van der Waals surface area (Å²) in [5.74, 6) is 0.855. The molecule has 0 saturated carbocycles. The largest absolute Gasteiger partial charge is 0.493 e. The highest BCUT2D eigenvalue weighted by Crippen LogP contribution is 2.36. The fourth-order valence-corrected chi connectivity index (χ4v) is 2.70. The maximum absolute atomic E-state index is 12.0. The highest BCUT2D eigenvalue weighted by Gasteiger charge is 2.17. The second-order valence-corrected chi connectivity index (χ2v) is 5.90. The molecule has 2 N–H and O–H groups in total. The standard InChI is InChI=1S/C16H22ClN3O3/c1-19-6-8-20(9-7-19)18-15(21)5-4-12-10-13(17)16(23-3)14(11-12)22-2/h4-5,10-11H,6-9H2,1-3H3,(H,18,21)/p+1/b5-4+. The number of likely N-dealkylation sites (N-methyl/N-ethyl adjacent to an activating group) is 1. The first kappa shape index (κ1) is 17.6. The zero-order chi connectivity index (χ0) is 16.8. The number of hydrogen-bond acceptors (Lipinski definition) is 4. The van der Waals surface area contributed by atoms with Gasteiger partial charge in [0.05, 0.1) is 52.5 Å². The van der Waals surface area contributed by atoms with Crippen molar-refractivity contribution in [2.24, 2.45) is 0 Å². The quantitative estimate of drug-likeness (QED) is 0.754. The third-order valence-electron chi connectivity index (χ3n) is 3.77. The second-order valence-electron chi connectivity index (χ2n) is 5.49. The number of hydrogen-bond donors (Lipinski definition) is 2. The van der Waals surface area contributed by atoms with E-state index in [1.807, 2.05) is 5.01 Å². The number of methoxy groups -OCH3 is 2. The molecule has 1 aromatic rings. The van der Waals surface area contributed by atoms with Gasteiger partial charge in [-0.2, -0.15) is 0 Å². The van der Waals surface area contributed by atoms with Crippen LogP contribution in [0.15, 0.2) is 18.2 Å². The van der Waals surface area contributed by atoms with E-state index in [0.29, 0.717) is 16.5 Å². The first-order valence-electron chi connectivity index (χ1n) is 7.50. The number of nitrogens with zero attached hydrogens (tertiary/aromatic N) is 1. The molecule has 1 heterocycles. The molecule has 0 spiro atoms. The van der Waals surface area contributed by atoms with Gasteiger partial charge in [0.15, 0.2) is 11.5 Å². The van der Waals surface area contributed by atoms with Crippen molar-refractivity contribution in [3.63, 3.8) is 0 Å². The predicted octanol–water partition coefficient (Wildman–Crippen LogP) is 0.232. The minimum absolute atomic E-state index is 0.157. The van der Waals surface area contributed by atoms with Crippen LogP contribution < -0.4 is 19.8 Å². The number of nitrogens with one attached hydrogen (secondary N) is 2. The van der Waals surface area contributed by atoms with Gasteiger partial charge >= 0.3 is 0 Å². The van der Waals surface area contributed by atoms with Crippen LogP contribution in [-0.4, -0.2) is 58.4 Å². The van der Waals surface area contributed by atoms with Gasteiger partial charge in [0.1, 0.15) is 0 Å². The number of quaternary nitrogens is 1. The van der Waals surface area contributed by atoms with Crippen LogP contribution in [0.5, 0.6) is 11.5 Å². The van der Waals surface area contributed by atoms with Gasteiger partial charge in [0.25, 0.3) is 5.91 Å². The van der Waals surface area contributed by atoms with Gasteiger partial charge in [-0.15, -0.1) is 0 Å². The van der Waals surface area contributed by atoms with Gasteiger partial charge in [-0.05, 0) is 23.8 Å². The van der Waals surface area contributed by atoms with Crippen LogP contribution in [0.2, 0.25) is 5.02 Å². The lowest BCUT2D eigenvalue weighted by Crippen LogP contribution is -3.12. The fraction of sp³-hybridized carbons (Fsp3) is 0.438. The van der Waals surface area contributed by atoms with Gasteiger partial charge in [0.2, 0.25) is 0 Å². The average molecular weight is 341 g/mol. The Morgan fingerprint density at radius 1 is 1.30 bits per heavy atom. The molecule has 0 bridgehead atoms. The number of halogens is 1. The summed E-state index contributed by atoms with van der Waals surface area (Å²) in [4.78, 5) is 13.5.